The Morgan fingerprint density at radius 3 is 2.00 bits per heavy atom. The number of hydrogen-bond donors (Lipinski definition) is 6. The van der Waals surface area contributed by atoms with Crippen LogP contribution in [0.1, 0.15) is 99.6 Å². The molecule has 0 spiro atoms. The second-order valence-electron chi connectivity index (χ2n) is 33.6. The third-order valence-electron chi connectivity index (χ3n) is 23.9. The minimum Gasteiger partial charge on any atom is -0.493 e. The molecule has 29 heteroatoms. The van der Waals surface area contributed by atoms with E-state index in [0.717, 1.165) is 170 Å². The molecular weight excluding hydrogens is 1710 g/mol. The molecule has 0 bridgehead atoms. The molecule has 17 rings (SSSR count). The van der Waals surface area contributed by atoms with Gasteiger partial charge in [-0.1, -0.05) is 153 Å². The van der Waals surface area contributed by atoms with E-state index in [1.54, 1.807) is 31.3 Å². The number of aromatic nitrogens is 6. The molecule has 28 nitrogen and oxygen atoms in total. The number of Topliss-reactive ketones (excluding diaryl/α,β-unsaturated/α-hetero) is 2. The summed E-state index contributed by atoms with van der Waals surface area (Å²) in [6, 6.07) is 76.3. The van der Waals surface area contributed by atoms with Crippen LogP contribution in [-0.4, -0.2) is 247 Å². The fourth-order valence-corrected chi connectivity index (χ4v) is 16.3. The van der Waals surface area contributed by atoms with Crippen LogP contribution in [0.5, 0.6) is 17.2 Å². The van der Waals surface area contributed by atoms with Crippen LogP contribution in [0.3, 0.4) is 0 Å². The number of aliphatic imine (C=N–C) groups is 1. The lowest BCUT2D eigenvalue weighted by atomic mass is 10.0. The summed E-state index contributed by atoms with van der Waals surface area (Å²) in [5, 5.41) is 32.2. The molecule has 3 amide bonds. The molecule has 4 aliphatic rings. The van der Waals surface area contributed by atoms with Crippen LogP contribution < -0.4 is 40.4 Å². The van der Waals surface area contributed by atoms with Crippen molar-refractivity contribution in [3.05, 3.63) is 311 Å². The number of nitrogens with one attached hydrogen (secondary N) is 5. The first kappa shape index (κ1) is 97.0. The van der Waals surface area contributed by atoms with E-state index in [9.17, 15) is 28.4 Å². The summed E-state index contributed by atoms with van der Waals surface area (Å²) in [6.07, 6.45) is 5.07. The molecule has 0 aliphatic carbocycles. The van der Waals surface area contributed by atoms with Gasteiger partial charge in [0.1, 0.15) is 41.7 Å². The summed E-state index contributed by atoms with van der Waals surface area (Å²) in [4.78, 5) is 99.0. The van der Waals surface area contributed by atoms with E-state index >= 15 is 0 Å². The number of likely N-dealkylation sites (N-methyl/N-ethyl adjacent to an activating group) is 2. The monoisotopic (exact) mass is 1820 g/mol. The van der Waals surface area contributed by atoms with Crippen LogP contribution in [0.25, 0.3) is 32.6 Å². The first-order chi connectivity index (χ1) is 65.9. The van der Waals surface area contributed by atoms with Crippen molar-refractivity contribution in [1.82, 2.24) is 59.9 Å². The number of carbonyl (C=O) groups is 5. The number of ketones is 2. The third kappa shape index (κ3) is 27.8. The molecule has 4 aliphatic heterocycles. The minimum atomic E-state index is -0.648. The van der Waals surface area contributed by atoms with Crippen LogP contribution in [0.15, 0.2) is 271 Å². The lowest BCUT2D eigenvalue weighted by Crippen LogP contribution is -2.44. The quantitative estimate of drug-likeness (QED) is 0.0157. The number of anilines is 6. The number of hydrogen-bond acceptors (Lipinski definition) is 24. The van der Waals surface area contributed by atoms with Crippen LogP contribution in [0, 0.1) is 5.82 Å². The van der Waals surface area contributed by atoms with Gasteiger partial charge in [0.25, 0.3) is 11.8 Å². The normalized spacial score (nSPS) is 14.0. The fourth-order valence-electron chi connectivity index (χ4n) is 16.3. The Labute approximate surface area is 787 Å². The summed E-state index contributed by atoms with van der Waals surface area (Å²) >= 11 is 0. The Morgan fingerprint density at radius 2 is 1.29 bits per heavy atom. The zero-order chi connectivity index (χ0) is 94.2. The van der Waals surface area contributed by atoms with Gasteiger partial charge in [-0.2, -0.15) is 5.10 Å². The average Bonchev–Trinajstić information content (AvgIpc) is 1.63. The molecule has 135 heavy (non-hydrogen) atoms. The summed E-state index contributed by atoms with van der Waals surface area (Å²) in [6.45, 7) is 21.8. The average molecular weight is 1830 g/mol. The van der Waals surface area contributed by atoms with Gasteiger partial charge in [-0.25, -0.2) is 24.3 Å². The number of rotatable bonds is 36. The van der Waals surface area contributed by atoms with Crippen LogP contribution >= 0.6 is 0 Å². The highest BCUT2D eigenvalue weighted by atomic mass is 19.1. The second kappa shape index (κ2) is 49.1. The number of carbonyl (C=O) groups excluding carboxylic acids is 5. The third-order valence-corrected chi connectivity index (χ3v) is 23.9. The minimum absolute atomic E-state index is 0.0480. The number of aliphatic hydroxyl groups excluding tert-OH is 1. The Balaban J connectivity index is 0.000000146. The van der Waals surface area contributed by atoms with Gasteiger partial charge in [-0.05, 0) is 152 Å². The lowest BCUT2D eigenvalue weighted by molar-refractivity contribution is -0.141. The number of amidine groups is 1. The topological polar surface area (TPSA) is 312 Å². The van der Waals surface area contributed by atoms with Crippen molar-refractivity contribution in [2.45, 2.75) is 71.6 Å². The Morgan fingerprint density at radius 1 is 0.593 bits per heavy atom. The molecule has 7 heterocycles. The largest absolute Gasteiger partial charge is 0.493 e. The lowest BCUT2D eigenvalue weighted by Gasteiger charge is -2.34. The molecule has 6 N–H and O–H groups in total. The van der Waals surface area contributed by atoms with Crippen molar-refractivity contribution in [2.24, 2.45) is 4.99 Å². The number of piperazine rings is 1. The summed E-state index contributed by atoms with van der Waals surface area (Å²) in [5.74, 6) is 3.64. The molecule has 0 unspecified atom stereocenters. The van der Waals surface area contributed by atoms with Gasteiger partial charge in [0.15, 0.2) is 35.0 Å². The van der Waals surface area contributed by atoms with Gasteiger partial charge >= 0.3 is 0 Å². The number of methoxy groups -OCH3 is 2. The van der Waals surface area contributed by atoms with Crippen molar-refractivity contribution in [3.8, 4) is 17.2 Å². The number of fused-ring (bicyclic) bond motifs is 3. The fraction of sp³-hybridized carbons (Fsp3) is 0.311. The van der Waals surface area contributed by atoms with Gasteiger partial charge < -0.3 is 69.7 Å². The molecule has 700 valence electrons. The zero-order valence-electron chi connectivity index (χ0n) is 77.4. The number of halogens is 1. The predicted octanol–water partition coefficient (Wildman–Crippen LogP) is 15.8. The number of benzene rings is 10. The maximum atomic E-state index is 13.3. The molecule has 3 aromatic heterocycles. The number of aromatic amines is 1. The molecule has 10 aromatic carbocycles. The van der Waals surface area contributed by atoms with Gasteiger partial charge in [-0.3, -0.25) is 43.9 Å². The molecule has 2 fully saturated rings. The Bertz CT molecular complexity index is 6160. The first-order valence-electron chi connectivity index (χ1n) is 45.9. The maximum Gasteiger partial charge on any atom is 0.256 e. The van der Waals surface area contributed by atoms with Crippen LogP contribution in [0.4, 0.5) is 38.9 Å². The Kier molecular flexibility index (Phi) is 35.3. The summed E-state index contributed by atoms with van der Waals surface area (Å²) in [5.41, 5.74) is 11.6. The molecule has 13 aromatic rings. The van der Waals surface area contributed by atoms with E-state index in [1.807, 2.05) is 176 Å². The molecular formula is C106H118FN17O11. The second-order valence-corrected chi connectivity index (χ2v) is 33.6. The standard InChI is InChI=1S/C30H32N4O4.C27H31N5O3.C26H30FN7O3.C23H25NO/c1-36-28-19-25-26(20-29(28)38-15-5-12-34-13-16-37-17-14-34)31-21-32-30(25)33-24-10-8-22(9-11-24)18-27(35)23-6-3-2-4-7-23;1-30-12-14-31(15-13-30)22-10-8-20(9-11-22)26(33)29-25-23-18-32(17-21(23)16-28-25)27(34)24(35-2)19-6-4-3-5-7-19;1-2-34(10-11-35)9-4-12-37-21-7-8-22-23(16-21)28-17-29-26(22)31-24-14-20(32-33-24)15-25(36)30-19-6-3-5-18(27)13-19;1-18(2)24(17-19-8-4-3-5-9-19)15-14-23(25)22-13-12-20-10-6-7-11-21(20)16-22/h2-4,6-11,19-21H,5,12-18H2,1H3,(H,31,32,33);3-11,24H,12-18H2,1-2H3,(H,28,29,33);3,5-8,13-14,16-17,35H,2,4,9-12,15H2,1H3,(H,30,36)(H2,28,29,31,32,33);3-13,16,18H,14-15,17H2,1-2H3/t;24-;;/m.1../s1. The van der Waals surface area contributed by atoms with E-state index in [2.05, 4.69) is 145 Å². The van der Waals surface area contributed by atoms with E-state index in [4.69, 9.17) is 28.8 Å². The van der Waals surface area contributed by atoms with Crippen molar-refractivity contribution in [3.63, 3.8) is 0 Å². The molecule has 1 atom stereocenters. The van der Waals surface area contributed by atoms with E-state index < -0.39 is 11.9 Å². The highest BCUT2D eigenvalue weighted by Gasteiger charge is 2.36. The zero-order valence-corrected chi connectivity index (χ0v) is 77.4. The van der Waals surface area contributed by atoms with Gasteiger partial charge in [0, 0.05) is 185 Å². The summed E-state index contributed by atoms with van der Waals surface area (Å²) in [7, 11) is 5.32. The highest BCUT2D eigenvalue weighted by Crippen LogP contribution is 2.36. The highest BCUT2D eigenvalue weighted by molar-refractivity contribution is 6.15. The number of ether oxygens (including phenoxy) is 5. The van der Waals surface area contributed by atoms with E-state index in [-0.39, 0.29) is 42.3 Å². The molecule has 2 saturated heterocycles. The van der Waals surface area contributed by atoms with Gasteiger partial charge in [-0.15, -0.1) is 0 Å². The molecule has 0 saturated carbocycles. The van der Waals surface area contributed by atoms with Gasteiger partial charge in [0.2, 0.25) is 5.91 Å². The molecule has 0 radical (unpaired) electrons. The number of nitrogens with zero attached hydrogens (tertiary/aromatic N) is 12. The first-order valence-corrected chi connectivity index (χ1v) is 45.9. The summed E-state index contributed by atoms with van der Waals surface area (Å²) < 4.78 is 41.8. The van der Waals surface area contributed by atoms with Crippen molar-refractivity contribution in [1.29, 1.82) is 0 Å². The SMILES string of the molecule is CC(C)N(CCC(=O)c1ccc2ccccc2c1)Cc1ccccc1.CCN(CCO)CCCOc1ccc2c(Nc3cc(CC(=O)Nc4cccc(F)c4)[nH]n3)ncnc2c1.CO[C@@H](C(=O)N1CC2=C(C1)C(NC(=O)c1ccc(N3CCN(C)CC3)cc1)=NC2)c1ccccc1.COc1cc2c(Nc3ccc(CC(=O)c4ccccc4)cc3)ncnc2cc1OCCCN1CCOCC1. The number of H-pyrrole nitrogens is 1. The van der Waals surface area contributed by atoms with Crippen LogP contribution in [0.2, 0.25) is 0 Å². The van der Waals surface area contributed by atoms with E-state index in [1.165, 1.54) is 41.8 Å². The maximum absolute atomic E-state index is 13.3. The van der Waals surface area contributed by atoms with Crippen molar-refractivity contribution < 1.29 is 57.2 Å². The number of aliphatic hydroxyl groups is 1. The predicted molar refractivity (Wildman–Crippen MR) is 528 cm³/mol. The van der Waals surface area contributed by atoms with Crippen molar-refractivity contribution >= 4 is 102 Å². The van der Waals surface area contributed by atoms with E-state index in [0.29, 0.717) is 116 Å². The van der Waals surface area contributed by atoms with Crippen LogP contribution in [-0.2, 0) is 38.4 Å². The number of amides is 3. The Hall–Kier alpha value is -14.0. The smallest absolute Gasteiger partial charge is 0.256 e. The van der Waals surface area contributed by atoms with Crippen molar-refractivity contribution in [2.75, 3.05) is 167 Å². The number of morpholine rings is 1. The van der Waals surface area contributed by atoms with Gasteiger partial charge in [0.05, 0.1) is 64.1 Å².